The van der Waals surface area contributed by atoms with E-state index in [1.807, 2.05) is 92.7 Å². The smallest absolute Gasteiger partial charge is 0.349 e. The number of benzene rings is 3. The van der Waals surface area contributed by atoms with Crippen molar-refractivity contribution in [1.29, 1.82) is 0 Å². The van der Waals surface area contributed by atoms with Crippen molar-refractivity contribution >= 4 is 29.5 Å². The zero-order valence-electron chi connectivity index (χ0n) is 19.7. The summed E-state index contributed by atoms with van der Waals surface area (Å²) in [5.41, 5.74) is -0.135. The number of aliphatic hydroxyl groups excluding tert-OH is 1. The molecule has 0 spiro atoms. The van der Waals surface area contributed by atoms with E-state index in [9.17, 15) is 9.90 Å². The van der Waals surface area contributed by atoms with Crippen LogP contribution >= 0.6 is 23.5 Å². The van der Waals surface area contributed by atoms with Gasteiger partial charge < -0.3 is 19.3 Å². The highest BCUT2D eigenvalue weighted by atomic mass is 32.2. The fourth-order valence-electron chi connectivity index (χ4n) is 3.82. The lowest BCUT2D eigenvalue weighted by atomic mass is 9.89. The molecule has 0 radical (unpaired) electrons. The molecule has 1 N–H and O–H groups in total. The fraction of sp³-hybridized carbons (Fsp3) is 0.250. The van der Waals surface area contributed by atoms with Gasteiger partial charge >= 0.3 is 5.97 Å². The molecule has 0 aliphatic carbocycles. The summed E-state index contributed by atoms with van der Waals surface area (Å²) in [6.45, 7) is 4.81. The molecule has 1 unspecified atom stereocenters. The molecular formula is C28H28O5S2. The first kappa shape index (κ1) is 25.1. The lowest BCUT2D eigenvalue weighted by Crippen LogP contribution is -2.39. The van der Waals surface area contributed by atoms with Crippen LogP contribution in [0.2, 0.25) is 0 Å². The van der Waals surface area contributed by atoms with Crippen LogP contribution in [0.15, 0.2) is 99.3 Å². The number of cyclic esters (lactones) is 1. The Balaban J connectivity index is 1.65. The van der Waals surface area contributed by atoms with E-state index >= 15 is 0 Å². The van der Waals surface area contributed by atoms with E-state index in [-0.39, 0.29) is 17.1 Å². The van der Waals surface area contributed by atoms with Gasteiger partial charge in [-0.2, -0.15) is 0 Å². The molecule has 0 bridgehead atoms. The second-order valence-electron chi connectivity index (χ2n) is 7.88. The molecule has 3 aromatic carbocycles. The average molecular weight is 509 g/mol. The number of carbonyl (C=O) groups is 1. The summed E-state index contributed by atoms with van der Waals surface area (Å²) in [6, 6.07) is 25.0. The van der Waals surface area contributed by atoms with Gasteiger partial charge in [0.1, 0.15) is 22.2 Å². The normalized spacial score (nSPS) is 17.7. The predicted octanol–water partition coefficient (Wildman–Crippen LogP) is 6.98. The van der Waals surface area contributed by atoms with E-state index in [1.165, 1.54) is 0 Å². The van der Waals surface area contributed by atoms with E-state index in [0.717, 1.165) is 22.2 Å². The van der Waals surface area contributed by atoms with Crippen LogP contribution in [0.25, 0.3) is 0 Å². The standard InChI is InChI=1S/C28H28O5S2/c1-3-31-21-15-16-24(32-4-2)25(17-21)35-26-23(29)18-28(33-27(26)30,20-11-7-5-8-12-20)19-34-22-13-9-6-10-14-22/h5-17,29H,3-4,18-19H2,1-2H3. The molecule has 1 aliphatic heterocycles. The molecular weight excluding hydrogens is 480 g/mol. The van der Waals surface area contributed by atoms with E-state index in [0.29, 0.717) is 35.4 Å². The van der Waals surface area contributed by atoms with Gasteiger partial charge in [0, 0.05) is 10.6 Å². The van der Waals surface area contributed by atoms with Crippen molar-refractivity contribution in [2.24, 2.45) is 0 Å². The van der Waals surface area contributed by atoms with Gasteiger partial charge in [0.2, 0.25) is 0 Å². The van der Waals surface area contributed by atoms with Crippen molar-refractivity contribution in [2.45, 2.75) is 35.7 Å². The van der Waals surface area contributed by atoms with Gasteiger partial charge in [-0.3, -0.25) is 0 Å². The summed E-state index contributed by atoms with van der Waals surface area (Å²) in [6.07, 6.45) is 0.181. The molecule has 1 aliphatic rings. The third kappa shape index (κ3) is 5.97. The Morgan fingerprint density at radius 3 is 2.29 bits per heavy atom. The second-order valence-corrected chi connectivity index (χ2v) is 9.98. The zero-order chi connectivity index (χ0) is 24.7. The number of hydrogen-bond donors (Lipinski definition) is 1. The van der Waals surface area contributed by atoms with Crippen molar-refractivity contribution < 1.29 is 24.1 Å². The minimum atomic E-state index is -0.983. The number of hydrogen-bond acceptors (Lipinski definition) is 7. The van der Waals surface area contributed by atoms with E-state index < -0.39 is 11.6 Å². The molecule has 0 aromatic heterocycles. The van der Waals surface area contributed by atoms with E-state index in [4.69, 9.17) is 14.2 Å². The molecule has 1 heterocycles. The van der Waals surface area contributed by atoms with Crippen molar-refractivity contribution in [3.8, 4) is 11.5 Å². The SMILES string of the molecule is CCOc1ccc(OCC)c(SC2=C(O)CC(CSc3ccccc3)(c3ccccc3)OC2=O)c1. The van der Waals surface area contributed by atoms with Gasteiger partial charge in [-0.1, -0.05) is 60.3 Å². The van der Waals surface area contributed by atoms with Crippen molar-refractivity contribution in [3.63, 3.8) is 0 Å². The highest BCUT2D eigenvalue weighted by Gasteiger charge is 2.44. The number of aliphatic hydroxyl groups is 1. The lowest BCUT2D eigenvalue weighted by Gasteiger charge is -2.37. The summed E-state index contributed by atoms with van der Waals surface area (Å²) in [5.74, 6) is 1.21. The Hall–Kier alpha value is -3.03. The first-order valence-corrected chi connectivity index (χ1v) is 13.3. The molecule has 182 valence electrons. The molecule has 0 amide bonds. The highest BCUT2D eigenvalue weighted by molar-refractivity contribution is 8.04. The van der Waals surface area contributed by atoms with Crippen LogP contribution in [-0.4, -0.2) is 30.0 Å². The Kier molecular flexibility index (Phi) is 8.31. The van der Waals surface area contributed by atoms with Crippen LogP contribution in [-0.2, 0) is 15.1 Å². The number of rotatable bonds is 10. The molecule has 0 saturated carbocycles. The summed E-state index contributed by atoms with van der Waals surface area (Å²) in [7, 11) is 0. The summed E-state index contributed by atoms with van der Waals surface area (Å²) >= 11 is 2.73. The third-order valence-electron chi connectivity index (χ3n) is 5.44. The third-order valence-corrected chi connectivity index (χ3v) is 7.80. The number of ether oxygens (including phenoxy) is 3. The van der Waals surface area contributed by atoms with Gasteiger partial charge in [0.15, 0.2) is 5.60 Å². The molecule has 5 nitrogen and oxygen atoms in total. The summed E-state index contributed by atoms with van der Waals surface area (Å²) in [4.78, 5) is 15.3. The Morgan fingerprint density at radius 2 is 1.63 bits per heavy atom. The maximum absolute atomic E-state index is 13.3. The fourth-order valence-corrected chi connectivity index (χ4v) is 5.84. The van der Waals surface area contributed by atoms with Crippen LogP contribution in [0.3, 0.4) is 0 Å². The second kappa shape index (κ2) is 11.6. The maximum atomic E-state index is 13.3. The minimum Gasteiger partial charge on any atom is -0.511 e. The first-order valence-electron chi connectivity index (χ1n) is 11.5. The van der Waals surface area contributed by atoms with Gasteiger partial charge in [-0.15, -0.1) is 11.8 Å². The molecule has 4 rings (SSSR count). The van der Waals surface area contributed by atoms with Gasteiger partial charge in [0.05, 0.1) is 24.5 Å². The molecule has 0 saturated heterocycles. The Bertz CT molecular complexity index is 1180. The molecule has 35 heavy (non-hydrogen) atoms. The zero-order valence-corrected chi connectivity index (χ0v) is 21.4. The number of carbonyl (C=O) groups excluding carboxylic acids is 1. The molecule has 0 fully saturated rings. The molecule has 1 atom stereocenters. The monoisotopic (exact) mass is 508 g/mol. The largest absolute Gasteiger partial charge is 0.511 e. The first-order chi connectivity index (χ1) is 17.0. The number of esters is 1. The van der Waals surface area contributed by atoms with Gasteiger partial charge in [-0.25, -0.2) is 4.79 Å². The van der Waals surface area contributed by atoms with Crippen LogP contribution in [0, 0.1) is 0 Å². The Morgan fingerprint density at radius 1 is 0.943 bits per heavy atom. The predicted molar refractivity (Wildman–Crippen MR) is 140 cm³/mol. The van der Waals surface area contributed by atoms with E-state index in [1.54, 1.807) is 11.8 Å². The number of thioether (sulfide) groups is 2. The molecule has 3 aromatic rings. The van der Waals surface area contributed by atoms with E-state index in [2.05, 4.69) is 0 Å². The average Bonchev–Trinajstić information content (AvgIpc) is 2.88. The highest BCUT2D eigenvalue weighted by Crippen LogP contribution is 2.46. The Labute approximate surface area is 214 Å². The van der Waals surface area contributed by atoms with Crippen LogP contribution < -0.4 is 9.47 Å². The summed E-state index contributed by atoms with van der Waals surface area (Å²) < 4.78 is 17.5. The van der Waals surface area contributed by atoms with Gasteiger partial charge in [-0.05, 0) is 49.7 Å². The van der Waals surface area contributed by atoms with Gasteiger partial charge in [0.25, 0.3) is 0 Å². The van der Waals surface area contributed by atoms with Crippen LogP contribution in [0.5, 0.6) is 11.5 Å². The van der Waals surface area contributed by atoms with Crippen molar-refractivity contribution in [3.05, 3.63) is 95.1 Å². The topological polar surface area (TPSA) is 65.0 Å². The van der Waals surface area contributed by atoms with Crippen molar-refractivity contribution in [1.82, 2.24) is 0 Å². The lowest BCUT2D eigenvalue weighted by molar-refractivity contribution is -0.156. The van der Waals surface area contributed by atoms with Crippen molar-refractivity contribution in [2.75, 3.05) is 19.0 Å². The minimum absolute atomic E-state index is 0.00743. The van der Waals surface area contributed by atoms with Crippen LogP contribution in [0.1, 0.15) is 25.8 Å². The summed E-state index contributed by atoms with van der Waals surface area (Å²) in [5, 5.41) is 11.2. The van der Waals surface area contributed by atoms with Crippen LogP contribution in [0.4, 0.5) is 0 Å². The quantitative estimate of drug-likeness (QED) is 0.234. The molecule has 7 heteroatoms. The maximum Gasteiger partial charge on any atom is 0.349 e.